The summed E-state index contributed by atoms with van der Waals surface area (Å²) in [7, 11) is 1.64. The van der Waals surface area contributed by atoms with Crippen LogP contribution in [-0.4, -0.2) is 41.1 Å². The molecule has 0 N–H and O–H groups in total. The van der Waals surface area contributed by atoms with Crippen molar-refractivity contribution < 1.29 is 14.1 Å². The number of aromatic nitrogens is 2. The monoisotopic (exact) mass is 371 g/mol. The molecule has 1 atom stereocenters. The van der Waals surface area contributed by atoms with Crippen LogP contribution in [0, 0.1) is 0 Å². The summed E-state index contributed by atoms with van der Waals surface area (Å²) < 4.78 is 10.7. The van der Waals surface area contributed by atoms with E-state index < -0.39 is 0 Å². The van der Waals surface area contributed by atoms with E-state index in [2.05, 4.69) is 17.1 Å². The summed E-state index contributed by atoms with van der Waals surface area (Å²) in [5.74, 6) is 2.38. The van der Waals surface area contributed by atoms with Gasteiger partial charge in [-0.1, -0.05) is 31.3 Å². The summed E-state index contributed by atoms with van der Waals surface area (Å²) in [4.78, 5) is 19.0. The van der Waals surface area contributed by atoms with Crippen molar-refractivity contribution in [1.82, 2.24) is 15.0 Å². The van der Waals surface area contributed by atoms with Crippen LogP contribution in [0.1, 0.15) is 63.7 Å². The van der Waals surface area contributed by atoms with Crippen molar-refractivity contribution in [1.29, 1.82) is 0 Å². The van der Waals surface area contributed by atoms with Crippen LogP contribution >= 0.6 is 0 Å². The van der Waals surface area contributed by atoms with Crippen molar-refractivity contribution in [3.8, 4) is 17.1 Å². The quantitative estimate of drug-likeness (QED) is 0.643. The molecule has 1 aliphatic rings. The van der Waals surface area contributed by atoms with Gasteiger partial charge in [-0.25, -0.2) is 0 Å². The number of carbonyl (C=O) groups is 1. The third kappa shape index (κ3) is 5.08. The number of hydrogen-bond acceptors (Lipinski definition) is 5. The first kappa shape index (κ1) is 19.4. The van der Waals surface area contributed by atoms with Gasteiger partial charge in [0.1, 0.15) is 5.75 Å². The zero-order valence-corrected chi connectivity index (χ0v) is 16.3. The Morgan fingerprint density at radius 2 is 2.07 bits per heavy atom. The first-order valence-electron chi connectivity index (χ1n) is 9.97. The minimum absolute atomic E-state index is 0.123. The Bertz CT molecular complexity index is 727. The fraction of sp³-hybridized carbons (Fsp3) is 0.571. The molecular formula is C21H29N3O3. The van der Waals surface area contributed by atoms with E-state index >= 15 is 0 Å². The molecule has 2 aromatic rings. The van der Waals surface area contributed by atoms with Crippen molar-refractivity contribution in [3.05, 3.63) is 30.2 Å². The van der Waals surface area contributed by atoms with Crippen LogP contribution in [-0.2, 0) is 4.79 Å². The molecule has 2 heterocycles. The van der Waals surface area contributed by atoms with Gasteiger partial charge in [0.15, 0.2) is 0 Å². The number of unbranched alkanes of at least 4 members (excludes halogenated alkanes) is 3. The first-order valence-corrected chi connectivity index (χ1v) is 9.97. The van der Waals surface area contributed by atoms with Gasteiger partial charge < -0.3 is 14.2 Å². The van der Waals surface area contributed by atoms with Crippen molar-refractivity contribution in [3.63, 3.8) is 0 Å². The highest BCUT2D eigenvalue weighted by molar-refractivity contribution is 5.76. The number of ether oxygens (including phenoxy) is 1. The number of likely N-dealkylation sites (tertiary alicyclic amines) is 1. The summed E-state index contributed by atoms with van der Waals surface area (Å²) in [5.41, 5.74) is 0.894. The van der Waals surface area contributed by atoms with E-state index in [9.17, 15) is 4.79 Å². The number of rotatable bonds is 8. The lowest BCUT2D eigenvalue weighted by Crippen LogP contribution is -2.39. The molecule has 0 radical (unpaired) electrons. The van der Waals surface area contributed by atoms with Gasteiger partial charge in [0.25, 0.3) is 0 Å². The Labute approximate surface area is 160 Å². The zero-order chi connectivity index (χ0) is 19.1. The van der Waals surface area contributed by atoms with Gasteiger partial charge in [-0.15, -0.1) is 0 Å². The summed E-state index contributed by atoms with van der Waals surface area (Å²) in [6.45, 7) is 3.70. The Kier molecular flexibility index (Phi) is 6.85. The van der Waals surface area contributed by atoms with Crippen molar-refractivity contribution in [2.75, 3.05) is 20.2 Å². The number of carbonyl (C=O) groups excluding carboxylic acids is 1. The molecular weight excluding hydrogens is 342 g/mol. The number of piperidine rings is 1. The minimum Gasteiger partial charge on any atom is -0.497 e. The van der Waals surface area contributed by atoms with Crippen LogP contribution in [0.3, 0.4) is 0 Å². The second-order valence-corrected chi connectivity index (χ2v) is 7.17. The van der Waals surface area contributed by atoms with Gasteiger partial charge in [-0.05, 0) is 43.5 Å². The normalized spacial score (nSPS) is 17.1. The smallest absolute Gasteiger partial charge is 0.231 e. The number of benzene rings is 1. The molecule has 0 unspecified atom stereocenters. The maximum Gasteiger partial charge on any atom is 0.231 e. The highest BCUT2D eigenvalue weighted by Crippen LogP contribution is 2.28. The number of amides is 1. The maximum atomic E-state index is 12.5. The molecule has 146 valence electrons. The van der Waals surface area contributed by atoms with Gasteiger partial charge in [0.2, 0.25) is 17.6 Å². The molecule has 6 heteroatoms. The molecule has 1 aliphatic heterocycles. The van der Waals surface area contributed by atoms with E-state index in [4.69, 9.17) is 9.26 Å². The third-order valence-electron chi connectivity index (χ3n) is 5.16. The van der Waals surface area contributed by atoms with Crippen LogP contribution in [0.4, 0.5) is 0 Å². The average Bonchev–Trinajstić information content (AvgIpc) is 3.21. The molecule has 1 fully saturated rings. The van der Waals surface area contributed by atoms with Crippen molar-refractivity contribution in [2.24, 2.45) is 0 Å². The average molecular weight is 371 g/mol. The number of nitrogens with zero attached hydrogens (tertiary/aromatic N) is 3. The van der Waals surface area contributed by atoms with E-state index in [-0.39, 0.29) is 11.8 Å². The van der Waals surface area contributed by atoms with E-state index in [0.29, 0.717) is 24.7 Å². The fourth-order valence-electron chi connectivity index (χ4n) is 3.52. The topological polar surface area (TPSA) is 68.5 Å². The Balaban J connectivity index is 1.59. The molecule has 0 saturated carbocycles. The van der Waals surface area contributed by atoms with Crippen LogP contribution in [0.2, 0.25) is 0 Å². The summed E-state index contributed by atoms with van der Waals surface area (Å²) in [6, 6.07) is 7.59. The lowest BCUT2D eigenvalue weighted by atomic mass is 9.97. The summed E-state index contributed by atoms with van der Waals surface area (Å²) in [6.07, 6.45) is 7.10. The molecule has 1 saturated heterocycles. The molecule has 1 aromatic heterocycles. The highest BCUT2D eigenvalue weighted by atomic mass is 16.5. The molecule has 3 rings (SSSR count). The van der Waals surface area contributed by atoms with E-state index in [0.717, 1.165) is 43.5 Å². The molecule has 0 spiro atoms. The summed E-state index contributed by atoms with van der Waals surface area (Å²) >= 11 is 0. The van der Waals surface area contributed by atoms with Crippen molar-refractivity contribution in [2.45, 2.75) is 57.8 Å². The van der Waals surface area contributed by atoms with Crippen LogP contribution in [0.15, 0.2) is 28.8 Å². The van der Waals surface area contributed by atoms with Crippen molar-refractivity contribution >= 4 is 5.91 Å². The van der Waals surface area contributed by atoms with Gasteiger partial charge >= 0.3 is 0 Å². The SMILES string of the molecule is CCCCCCC(=O)N1CCC[C@@H](c2nc(-c3ccc(OC)cc3)no2)C1. The lowest BCUT2D eigenvalue weighted by molar-refractivity contribution is -0.132. The second-order valence-electron chi connectivity index (χ2n) is 7.17. The molecule has 6 nitrogen and oxygen atoms in total. The largest absolute Gasteiger partial charge is 0.497 e. The van der Waals surface area contributed by atoms with E-state index in [1.165, 1.54) is 12.8 Å². The predicted molar refractivity (Wildman–Crippen MR) is 104 cm³/mol. The maximum absolute atomic E-state index is 12.5. The number of methoxy groups -OCH3 is 1. The van der Waals surface area contributed by atoms with Gasteiger partial charge in [0, 0.05) is 25.1 Å². The van der Waals surface area contributed by atoms with Gasteiger partial charge in [-0.2, -0.15) is 4.98 Å². The van der Waals surface area contributed by atoms with Crippen LogP contribution < -0.4 is 4.74 Å². The Hall–Kier alpha value is -2.37. The van der Waals surface area contributed by atoms with Crippen LogP contribution in [0.5, 0.6) is 5.75 Å². The minimum atomic E-state index is 0.123. The molecule has 1 amide bonds. The second kappa shape index (κ2) is 9.53. The third-order valence-corrected chi connectivity index (χ3v) is 5.16. The van der Waals surface area contributed by atoms with Gasteiger partial charge in [-0.3, -0.25) is 4.79 Å². The zero-order valence-electron chi connectivity index (χ0n) is 16.3. The molecule has 27 heavy (non-hydrogen) atoms. The molecule has 0 aliphatic carbocycles. The van der Waals surface area contributed by atoms with Gasteiger partial charge in [0.05, 0.1) is 13.0 Å². The highest BCUT2D eigenvalue weighted by Gasteiger charge is 2.28. The molecule has 1 aromatic carbocycles. The molecule has 0 bridgehead atoms. The first-order chi connectivity index (χ1) is 13.2. The standard InChI is InChI=1S/C21H29N3O3/c1-3-4-5-6-9-19(25)24-14-7-8-17(15-24)21-22-20(23-27-21)16-10-12-18(26-2)13-11-16/h10-13,17H,3-9,14-15H2,1-2H3/t17-/m1/s1. The predicted octanol–water partition coefficient (Wildman–Crippen LogP) is 4.42. The van der Waals surface area contributed by atoms with E-state index in [1.807, 2.05) is 29.2 Å². The van der Waals surface area contributed by atoms with E-state index in [1.54, 1.807) is 7.11 Å². The number of hydrogen-bond donors (Lipinski definition) is 0. The Morgan fingerprint density at radius 1 is 1.26 bits per heavy atom. The summed E-state index contributed by atoms with van der Waals surface area (Å²) in [5, 5.41) is 4.13. The van der Waals surface area contributed by atoms with Crippen LogP contribution in [0.25, 0.3) is 11.4 Å². The lowest BCUT2D eigenvalue weighted by Gasteiger charge is -2.31. The Morgan fingerprint density at radius 3 is 2.81 bits per heavy atom. The fourth-order valence-corrected chi connectivity index (χ4v) is 3.52.